The molecule has 0 aliphatic rings. The van der Waals surface area contributed by atoms with Crippen molar-refractivity contribution in [3.05, 3.63) is 29.3 Å². The van der Waals surface area contributed by atoms with Crippen LogP contribution in [0.15, 0.2) is 18.2 Å². The number of likely N-dealkylation sites (N-methyl/N-ethyl adjacent to an activating group) is 1. The van der Waals surface area contributed by atoms with Crippen LogP contribution in [0.3, 0.4) is 0 Å². The van der Waals surface area contributed by atoms with Gasteiger partial charge in [0, 0.05) is 24.2 Å². The summed E-state index contributed by atoms with van der Waals surface area (Å²) in [4.78, 5) is 2.15. The van der Waals surface area contributed by atoms with Gasteiger partial charge >= 0.3 is 0 Å². The van der Waals surface area contributed by atoms with E-state index in [1.54, 1.807) is 7.11 Å². The first-order valence-corrected chi connectivity index (χ1v) is 6.44. The first kappa shape index (κ1) is 15.5. The maximum Gasteiger partial charge on any atom is 0.123 e. The van der Waals surface area contributed by atoms with Crippen molar-refractivity contribution in [1.82, 2.24) is 4.90 Å². The van der Waals surface area contributed by atoms with Crippen LogP contribution in [0.25, 0.3) is 0 Å². The van der Waals surface area contributed by atoms with Gasteiger partial charge < -0.3 is 15.6 Å². The number of nitrogens with two attached hydrogens (primary N) is 1. The van der Waals surface area contributed by atoms with Crippen LogP contribution in [0.1, 0.15) is 18.1 Å². The van der Waals surface area contributed by atoms with Gasteiger partial charge in [-0.25, -0.2) is 0 Å². The first-order valence-electron chi connectivity index (χ1n) is 6.44. The summed E-state index contributed by atoms with van der Waals surface area (Å²) in [5, 5.41) is 9.03. The van der Waals surface area contributed by atoms with E-state index < -0.39 is 0 Å². The summed E-state index contributed by atoms with van der Waals surface area (Å²) in [6, 6.07) is 5.86. The molecule has 4 nitrogen and oxygen atoms in total. The standard InChI is InChI=1S/C15H22N2O2/c1-3-17(9-10-18)12-14-11-13(5-4-8-16)6-7-15(14)19-2/h6-7,11,18H,3,8-10,12,16H2,1-2H3. The van der Waals surface area contributed by atoms with Crippen molar-refractivity contribution in [3.63, 3.8) is 0 Å². The Labute approximate surface area is 115 Å². The van der Waals surface area contributed by atoms with E-state index in [9.17, 15) is 0 Å². The summed E-state index contributed by atoms with van der Waals surface area (Å²) in [7, 11) is 1.66. The first-order chi connectivity index (χ1) is 9.24. The fourth-order valence-electron chi connectivity index (χ4n) is 1.86. The Balaban J connectivity index is 2.94. The zero-order valence-corrected chi connectivity index (χ0v) is 11.6. The lowest BCUT2D eigenvalue weighted by Gasteiger charge is -2.20. The monoisotopic (exact) mass is 262 g/mol. The number of ether oxygens (including phenoxy) is 1. The molecule has 0 bridgehead atoms. The number of benzene rings is 1. The molecule has 0 aliphatic carbocycles. The molecular formula is C15H22N2O2. The lowest BCUT2D eigenvalue weighted by Crippen LogP contribution is -2.26. The fraction of sp³-hybridized carbons (Fsp3) is 0.467. The third-order valence-electron chi connectivity index (χ3n) is 2.87. The Kier molecular flexibility index (Phi) is 6.98. The number of nitrogens with zero attached hydrogens (tertiary/aromatic N) is 1. The van der Waals surface area contributed by atoms with Crippen LogP contribution in [0, 0.1) is 11.8 Å². The van der Waals surface area contributed by atoms with E-state index in [1.807, 2.05) is 18.2 Å². The average molecular weight is 262 g/mol. The Bertz CT molecular complexity index is 449. The van der Waals surface area contributed by atoms with Crippen molar-refractivity contribution in [2.24, 2.45) is 5.73 Å². The molecular weight excluding hydrogens is 240 g/mol. The van der Waals surface area contributed by atoms with Gasteiger partial charge in [0.1, 0.15) is 5.75 Å². The highest BCUT2D eigenvalue weighted by Gasteiger charge is 2.08. The number of hydrogen-bond acceptors (Lipinski definition) is 4. The van der Waals surface area contributed by atoms with Gasteiger partial charge in [0.2, 0.25) is 0 Å². The molecule has 0 spiro atoms. The number of aliphatic hydroxyl groups is 1. The maximum absolute atomic E-state index is 9.03. The average Bonchev–Trinajstić information content (AvgIpc) is 2.44. The Hall–Kier alpha value is -1.54. The molecule has 0 atom stereocenters. The van der Waals surface area contributed by atoms with Crippen LogP contribution in [-0.2, 0) is 6.54 Å². The van der Waals surface area contributed by atoms with Gasteiger partial charge in [-0.3, -0.25) is 4.90 Å². The van der Waals surface area contributed by atoms with Crippen LogP contribution < -0.4 is 10.5 Å². The van der Waals surface area contributed by atoms with Gasteiger partial charge in [-0.1, -0.05) is 18.8 Å². The summed E-state index contributed by atoms with van der Waals surface area (Å²) in [5.41, 5.74) is 7.38. The molecule has 4 heteroatoms. The molecule has 0 aromatic heterocycles. The van der Waals surface area contributed by atoms with Crippen molar-refractivity contribution in [2.75, 3.05) is 33.4 Å². The molecule has 1 rings (SSSR count). The van der Waals surface area contributed by atoms with Crippen molar-refractivity contribution in [2.45, 2.75) is 13.5 Å². The highest BCUT2D eigenvalue weighted by molar-refractivity contribution is 5.44. The molecule has 0 aliphatic heterocycles. The SMILES string of the molecule is CCN(CCO)Cc1cc(C#CCN)ccc1OC. The van der Waals surface area contributed by atoms with E-state index in [0.717, 1.165) is 30.0 Å². The highest BCUT2D eigenvalue weighted by Crippen LogP contribution is 2.21. The van der Waals surface area contributed by atoms with Crippen molar-refractivity contribution in [1.29, 1.82) is 0 Å². The number of methoxy groups -OCH3 is 1. The summed E-state index contributed by atoms with van der Waals surface area (Å²) in [5.74, 6) is 6.71. The molecule has 0 amide bonds. The van der Waals surface area contributed by atoms with E-state index in [1.165, 1.54) is 0 Å². The third kappa shape index (κ3) is 4.92. The molecule has 19 heavy (non-hydrogen) atoms. The van der Waals surface area contributed by atoms with Gasteiger partial charge in [0.05, 0.1) is 20.3 Å². The van der Waals surface area contributed by atoms with Gasteiger partial charge in [-0.05, 0) is 24.7 Å². The molecule has 104 valence electrons. The molecule has 1 aromatic carbocycles. The third-order valence-corrected chi connectivity index (χ3v) is 2.87. The lowest BCUT2D eigenvalue weighted by molar-refractivity contribution is 0.195. The van der Waals surface area contributed by atoms with Gasteiger partial charge in [0.15, 0.2) is 0 Å². The molecule has 0 fully saturated rings. The zero-order valence-electron chi connectivity index (χ0n) is 11.6. The minimum Gasteiger partial charge on any atom is -0.496 e. The largest absolute Gasteiger partial charge is 0.496 e. The topological polar surface area (TPSA) is 58.7 Å². The summed E-state index contributed by atoms with van der Waals surface area (Å²) < 4.78 is 5.37. The van der Waals surface area contributed by atoms with E-state index >= 15 is 0 Å². The molecule has 3 N–H and O–H groups in total. The van der Waals surface area contributed by atoms with Gasteiger partial charge in [-0.2, -0.15) is 0 Å². The second-order valence-electron chi connectivity index (χ2n) is 4.12. The zero-order chi connectivity index (χ0) is 14.1. The summed E-state index contributed by atoms with van der Waals surface area (Å²) in [6.07, 6.45) is 0. The van der Waals surface area contributed by atoms with Crippen LogP contribution in [0.2, 0.25) is 0 Å². The van der Waals surface area contributed by atoms with Crippen molar-refractivity contribution >= 4 is 0 Å². The predicted octanol–water partition coefficient (Wildman–Crippen LogP) is 0.820. The Morgan fingerprint density at radius 1 is 1.42 bits per heavy atom. The lowest BCUT2D eigenvalue weighted by atomic mass is 10.1. The fourth-order valence-corrected chi connectivity index (χ4v) is 1.86. The predicted molar refractivity (Wildman–Crippen MR) is 77.0 cm³/mol. The van der Waals surface area contributed by atoms with Gasteiger partial charge in [0.25, 0.3) is 0 Å². The van der Waals surface area contributed by atoms with Crippen molar-refractivity contribution in [3.8, 4) is 17.6 Å². The summed E-state index contributed by atoms with van der Waals surface area (Å²) >= 11 is 0. The molecule has 0 saturated carbocycles. The summed E-state index contributed by atoms with van der Waals surface area (Å²) in [6.45, 7) is 4.84. The minimum absolute atomic E-state index is 0.156. The molecule has 0 unspecified atom stereocenters. The van der Waals surface area contributed by atoms with E-state index in [4.69, 9.17) is 15.6 Å². The van der Waals surface area contributed by atoms with Crippen LogP contribution in [0.4, 0.5) is 0 Å². The number of rotatable bonds is 6. The maximum atomic E-state index is 9.03. The highest BCUT2D eigenvalue weighted by atomic mass is 16.5. The quantitative estimate of drug-likeness (QED) is 0.745. The second-order valence-corrected chi connectivity index (χ2v) is 4.12. The van der Waals surface area contributed by atoms with E-state index in [0.29, 0.717) is 13.1 Å². The van der Waals surface area contributed by atoms with E-state index in [2.05, 4.69) is 23.7 Å². The Morgan fingerprint density at radius 3 is 2.79 bits per heavy atom. The molecule has 0 saturated heterocycles. The van der Waals surface area contributed by atoms with Crippen LogP contribution in [0.5, 0.6) is 5.75 Å². The smallest absolute Gasteiger partial charge is 0.123 e. The number of hydrogen-bond donors (Lipinski definition) is 2. The molecule has 0 radical (unpaired) electrons. The normalized spacial score (nSPS) is 10.2. The van der Waals surface area contributed by atoms with Crippen LogP contribution in [-0.4, -0.2) is 43.4 Å². The van der Waals surface area contributed by atoms with E-state index in [-0.39, 0.29) is 6.61 Å². The Morgan fingerprint density at radius 2 is 2.21 bits per heavy atom. The molecule has 1 aromatic rings. The second kappa shape index (κ2) is 8.54. The molecule has 0 heterocycles. The number of aliphatic hydroxyl groups excluding tert-OH is 1. The van der Waals surface area contributed by atoms with Crippen molar-refractivity contribution < 1.29 is 9.84 Å². The van der Waals surface area contributed by atoms with Gasteiger partial charge in [-0.15, -0.1) is 0 Å². The minimum atomic E-state index is 0.156. The van der Waals surface area contributed by atoms with Crippen LogP contribution >= 0.6 is 0 Å².